The fraction of sp³-hybridized carbons (Fsp3) is 0.533. The van der Waals surface area contributed by atoms with Gasteiger partial charge in [0.25, 0.3) is 0 Å². The molecule has 0 atom stereocenters. The van der Waals surface area contributed by atoms with Crippen LogP contribution in [0.2, 0.25) is 0 Å². The van der Waals surface area contributed by atoms with E-state index in [0.29, 0.717) is 22.4 Å². The van der Waals surface area contributed by atoms with Gasteiger partial charge in [-0.1, -0.05) is 38.2 Å². The Labute approximate surface area is 132 Å². The Morgan fingerprint density at radius 1 is 1.33 bits per heavy atom. The maximum Gasteiger partial charge on any atom is 0.179 e. The summed E-state index contributed by atoms with van der Waals surface area (Å²) in [6, 6.07) is 6.48. The zero-order chi connectivity index (χ0) is 15.7. The van der Waals surface area contributed by atoms with E-state index in [9.17, 15) is 8.42 Å². The molecule has 2 N–H and O–H groups in total. The molecule has 1 aromatic carbocycles. The average molecular weight is 326 g/mol. The highest BCUT2D eigenvalue weighted by Crippen LogP contribution is 2.28. The second-order valence-corrected chi connectivity index (χ2v) is 8.95. The van der Waals surface area contributed by atoms with Crippen molar-refractivity contribution in [1.82, 2.24) is 4.90 Å². The number of likely N-dealkylation sites (tertiary alicyclic amines) is 1. The lowest BCUT2D eigenvalue weighted by Crippen LogP contribution is -2.29. The molecule has 0 aromatic heterocycles. The van der Waals surface area contributed by atoms with E-state index in [2.05, 4.69) is 18.7 Å². The molecule has 1 heterocycles. The quantitative estimate of drug-likeness (QED) is 0.836. The van der Waals surface area contributed by atoms with E-state index in [1.807, 2.05) is 0 Å². The molecule has 0 bridgehead atoms. The van der Waals surface area contributed by atoms with Crippen molar-refractivity contribution < 1.29 is 8.42 Å². The molecule has 2 rings (SSSR count). The van der Waals surface area contributed by atoms with Crippen LogP contribution in [0.15, 0.2) is 29.2 Å². The first-order chi connectivity index (χ1) is 9.70. The minimum Gasteiger partial charge on any atom is -0.389 e. The van der Waals surface area contributed by atoms with Gasteiger partial charge >= 0.3 is 0 Å². The number of sulfone groups is 1. The number of rotatable bonds is 5. The Balaban J connectivity index is 2.00. The van der Waals surface area contributed by atoms with Crippen LogP contribution in [0.5, 0.6) is 0 Å². The zero-order valence-corrected chi connectivity index (χ0v) is 14.1. The van der Waals surface area contributed by atoms with Crippen LogP contribution in [0.1, 0.15) is 25.8 Å². The van der Waals surface area contributed by atoms with Gasteiger partial charge in [-0.3, -0.25) is 0 Å². The number of hydrogen-bond donors (Lipinski definition) is 1. The Hall–Kier alpha value is -0.980. The summed E-state index contributed by atoms with van der Waals surface area (Å²) in [5, 5.41) is 0. The molecule has 21 heavy (non-hydrogen) atoms. The van der Waals surface area contributed by atoms with Crippen LogP contribution in [0, 0.1) is 5.41 Å². The number of nitrogens with zero attached hydrogens (tertiary/aromatic N) is 1. The van der Waals surface area contributed by atoms with E-state index >= 15 is 0 Å². The Morgan fingerprint density at radius 3 is 2.43 bits per heavy atom. The van der Waals surface area contributed by atoms with Gasteiger partial charge in [-0.05, 0) is 30.5 Å². The molecule has 0 spiro atoms. The molecule has 4 nitrogen and oxygen atoms in total. The molecule has 0 saturated carbocycles. The van der Waals surface area contributed by atoms with E-state index in [1.165, 1.54) is 0 Å². The number of hydrogen-bond acceptors (Lipinski definition) is 4. The van der Waals surface area contributed by atoms with Crippen LogP contribution in [-0.4, -0.2) is 43.7 Å². The predicted octanol–water partition coefficient (Wildman–Crippen LogP) is 1.83. The maximum atomic E-state index is 12.3. The van der Waals surface area contributed by atoms with Gasteiger partial charge in [0.1, 0.15) is 4.99 Å². The van der Waals surface area contributed by atoms with Crippen molar-refractivity contribution in [1.29, 1.82) is 0 Å². The van der Waals surface area contributed by atoms with Crippen LogP contribution in [0.25, 0.3) is 0 Å². The third kappa shape index (κ3) is 4.25. The molecule has 1 aromatic rings. The minimum absolute atomic E-state index is 0.148. The molecular weight excluding hydrogens is 304 g/mol. The second-order valence-electron chi connectivity index (χ2n) is 6.40. The van der Waals surface area contributed by atoms with E-state index in [1.54, 1.807) is 24.3 Å². The first-order valence-electron chi connectivity index (χ1n) is 7.05. The van der Waals surface area contributed by atoms with Crippen LogP contribution >= 0.6 is 12.2 Å². The van der Waals surface area contributed by atoms with Crippen molar-refractivity contribution in [3.63, 3.8) is 0 Å². The molecule has 1 aliphatic heterocycles. The summed E-state index contributed by atoms with van der Waals surface area (Å²) < 4.78 is 24.7. The molecule has 0 radical (unpaired) electrons. The van der Waals surface area contributed by atoms with Crippen molar-refractivity contribution >= 4 is 27.0 Å². The normalized spacial score (nSPS) is 18.8. The highest BCUT2D eigenvalue weighted by Gasteiger charge is 2.29. The Morgan fingerprint density at radius 2 is 1.95 bits per heavy atom. The lowest BCUT2D eigenvalue weighted by molar-refractivity contribution is 0.304. The van der Waals surface area contributed by atoms with Gasteiger partial charge < -0.3 is 10.6 Å². The summed E-state index contributed by atoms with van der Waals surface area (Å²) in [6.07, 6.45) is 1.12. The molecule has 1 aliphatic rings. The van der Waals surface area contributed by atoms with Gasteiger partial charge in [0.2, 0.25) is 0 Å². The van der Waals surface area contributed by atoms with Gasteiger partial charge in [-0.25, -0.2) is 8.42 Å². The minimum atomic E-state index is -3.25. The fourth-order valence-electron chi connectivity index (χ4n) is 2.61. The SMILES string of the molecule is CC1(C)CCN(CCS(=O)(=O)c2ccc(C(N)=S)cc2)C1. The summed E-state index contributed by atoms with van der Waals surface area (Å²) in [5.41, 5.74) is 6.49. The van der Waals surface area contributed by atoms with Crippen molar-refractivity contribution in [2.75, 3.05) is 25.4 Å². The third-order valence-corrected chi connectivity index (χ3v) is 5.88. The van der Waals surface area contributed by atoms with Gasteiger partial charge in [0, 0.05) is 18.7 Å². The smallest absolute Gasteiger partial charge is 0.179 e. The molecular formula is C15H22N2O2S2. The van der Waals surface area contributed by atoms with E-state index in [-0.39, 0.29) is 10.7 Å². The largest absolute Gasteiger partial charge is 0.389 e. The summed E-state index contributed by atoms with van der Waals surface area (Å²) in [7, 11) is -3.25. The van der Waals surface area contributed by atoms with Crippen molar-refractivity contribution in [3.05, 3.63) is 29.8 Å². The standard InChI is InChI=1S/C15H22N2O2S2/c1-15(2)7-8-17(11-15)9-10-21(18,19)13-5-3-12(4-6-13)14(16)20/h3-6H,7-11H2,1-2H3,(H2,16,20). The monoisotopic (exact) mass is 326 g/mol. The molecule has 6 heteroatoms. The fourth-order valence-corrected chi connectivity index (χ4v) is 4.03. The molecule has 0 amide bonds. The summed E-state index contributed by atoms with van der Waals surface area (Å²) in [5.74, 6) is 0.148. The molecule has 1 fully saturated rings. The third-order valence-electron chi connectivity index (χ3n) is 3.93. The Bertz CT molecular complexity index is 622. The van der Waals surface area contributed by atoms with Gasteiger partial charge in [-0.15, -0.1) is 0 Å². The first kappa shape index (κ1) is 16.4. The summed E-state index contributed by atoms with van der Waals surface area (Å²) in [4.78, 5) is 2.83. The molecule has 1 saturated heterocycles. The van der Waals surface area contributed by atoms with Crippen LogP contribution in [0.3, 0.4) is 0 Å². The maximum absolute atomic E-state index is 12.3. The average Bonchev–Trinajstić information content (AvgIpc) is 2.76. The molecule has 0 unspecified atom stereocenters. The van der Waals surface area contributed by atoms with Crippen molar-refractivity contribution in [2.24, 2.45) is 11.1 Å². The van der Waals surface area contributed by atoms with Crippen molar-refractivity contribution in [2.45, 2.75) is 25.2 Å². The predicted molar refractivity (Wildman–Crippen MR) is 89.2 cm³/mol. The topological polar surface area (TPSA) is 63.4 Å². The van der Waals surface area contributed by atoms with Gasteiger partial charge in [0.15, 0.2) is 9.84 Å². The van der Waals surface area contributed by atoms with Crippen molar-refractivity contribution in [3.8, 4) is 0 Å². The van der Waals surface area contributed by atoms with Gasteiger partial charge in [0.05, 0.1) is 10.6 Å². The number of nitrogens with two attached hydrogens (primary N) is 1. The zero-order valence-electron chi connectivity index (χ0n) is 12.5. The Kier molecular flexibility index (Phi) is 4.70. The summed E-state index contributed by atoms with van der Waals surface area (Å²) in [6.45, 7) is 6.96. The second kappa shape index (κ2) is 6.02. The molecule has 116 valence electrons. The van der Waals surface area contributed by atoms with E-state index in [0.717, 1.165) is 19.5 Å². The van der Waals surface area contributed by atoms with Crippen LogP contribution in [0.4, 0.5) is 0 Å². The lowest BCUT2D eigenvalue weighted by atomic mass is 9.93. The lowest BCUT2D eigenvalue weighted by Gasteiger charge is -2.19. The number of benzene rings is 1. The van der Waals surface area contributed by atoms with Crippen LogP contribution < -0.4 is 5.73 Å². The van der Waals surface area contributed by atoms with E-state index in [4.69, 9.17) is 18.0 Å². The number of thiocarbonyl (C=S) groups is 1. The first-order valence-corrected chi connectivity index (χ1v) is 9.11. The van der Waals surface area contributed by atoms with Gasteiger partial charge in [-0.2, -0.15) is 0 Å². The summed E-state index contributed by atoms with van der Waals surface area (Å²) >= 11 is 4.87. The molecule has 0 aliphatic carbocycles. The highest BCUT2D eigenvalue weighted by molar-refractivity contribution is 7.91. The highest BCUT2D eigenvalue weighted by atomic mass is 32.2. The van der Waals surface area contributed by atoms with E-state index < -0.39 is 9.84 Å². The van der Waals surface area contributed by atoms with Crippen LogP contribution in [-0.2, 0) is 9.84 Å².